The number of hydrogen-bond acceptors (Lipinski definition) is 4. The molecular weight excluding hydrogens is 218 g/mol. The zero-order valence-electron chi connectivity index (χ0n) is 9.46. The van der Waals surface area contributed by atoms with E-state index in [0.29, 0.717) is 18.0 Å². The highest BCUT2D eigenvalue weighted by molar-refractivity contribution is 5.47. The van der Waals surface area contributed by atoms with Gasteiger partial charge >= 0.3 is 0 Å². The van der Waals surface area contributed by atoms with Crippen molar-refractivity contribution in [2.75, 3.05) is 12.8 Å². The number of methoxy groups -OCH3 is 1. The Balaban J connectivity index is 2.33. The molecule has 0 aliphatic carbocycles. The molecule has 0 saturated heterocycles. The average Bonchev–Trinajstić information content (AvgIpc) is 2.31. The van der Waals surface area contributed by atoms with E-state index in [4.69, 9.17) is 10.5 Å². The third kappa shape index (κ3) is 2.63. The third-order valence-electron chi connectivity index (χ3n) is 2.34. The van der Waals surface area contributed by atoms with Crippen molar-refractivity contribution in [1.82, 2.24) is 9.78 Å². The van der Waals surface area contributed by atoms with Crippen molar-refractivity contribution >= 4 is 5.69 Å². The predicted molar refractivity (Wildman–Crippen MR) is 65.0 cm³/mol. The highest BCUT2D eigenvalue weighted by Crippen LogP contribution is 2.18. The molecule has 2 aromatic rings. The van der Waals surface area contributed by atoms with Crippen LogP contribution in [0.4, 0.5) is 5.69 Å². The topological polar surface area (TPSA) is 70.1 Å². The van der Waals surface area contributed by atoms with Gasteiger partial charge in [0.2, 0.25) is 0 Å². The van der Waals surface area contributed by atoms with Gasteiger partial charge in [-0.05, 0) is 23.8 Å². The molecule has 0 fully saturated rings. The largest absolute Gasteiger partial charge is 0.497 e. The summed E-state index contributed by atoms with van der Waals surface area (Å²) in [6.07, 6.45) is 1.57. The van der Waals surface area contributed by atoms with Crippen molar-refractivity contribution in [2.24, 2.45) is 0 Å². The fraction of sp³-hybridized carbons (Fsp3) is 0.167. The summed E-state index contributed by atoms with van der Waals surface area (Å²) in [5.74, 6) is 0.670. The molecular formula is C12H13N3O2. The summed E-state index contributed by atoms with van der Waals surface area (Å²) in [5, 5.41) is 3.98. The first kappa shape index (κ1) is 11.2. The number of aromatic nitrogens is 2. The minimum absolute atomic E-state index is 0.145. The van der Waals surface area contributed by atoms with Gasteiger partial charge in [-0.3, -0.25) is 4.79 Å². The van der Waals surface area contributed by atoms with Crippen molar-refractivity contribution < 1.29 is 4.74 Å². The van der Waals surface area contributed by atoms with E-state index in [0.717, 1.165) is 5.56 Å². The Morgan fingerprint density at radius 2 is 2.24 bits per heavy atom. The lowest BCUT2D eigenvalue weighted by Crippen LogP contribution is -2.21. The Kier molecular flexibility index (Phi) is 3.09. The molecule has 88 valence electrons. The molecule has 0 amide bonds. The number of ether oxygens (including phenoxy) is 1. The lowest BCUT2D eigenvalue weighted by Gasteiger charge is -2.07. The number of nitrogens with zero attached hydrogens (tertiary/aromatic N) is 2. The van der Waals surface area contributed by atoms with Crippen LogP contribution in [-0.4, -0.2) is 16.9 Å². The van der Waals surface area contributed by atoms with E-state index in [2.05, 4.69) is 5.10 Å². The van der Waals surface area contributed by atoms with Crippen molar-refractivity contribution in [3.63, 3.8) is 0 Å². The molecule has 1 aromatic carbocycles. The van der Waals surface area contributed by atoms with E-state index in [1.165, 1.54) is 10.7 Å². The van der Waals surface area contributed by atoms with E-state index in [9.17, 15) is 4.79 Å². The smallest absolute Gasteiger partial charge is 0.267 e. The van der Waals surface area contributed by atoms with Crippen LogP contribution in [0, 0.1) is 0 Å². The van der Waals surface area contributed by atoms with E-state index >= 15 is 0 Å². The summed E-state index contributed by atoms with van der Waals surface area (Å²) < 4.78 is 6.49. The number of rotatable bonds is 3. The fourth-order valence-electron chi connectivity index (χ4n) is 1.57. The molecule has 0 aliphatic heterocycles. The summed E-state index contributed by atoms with van der Waals surface area (Å²) in [5.41, 5.74) is 7.07. The zero-order chi connectivity index (χ0) is 12.3. The van der Waals surface area contributed by atoms with Gasteiger partial charge in [-0.15, -0.1) is 0 Å². The molecule has 0 aliphatic rings. The minimum atomic E-state index is -0.145. The maximum Gasteiger partial charge on any atom is 0.267 e. The molecule has 0 bridgehead atoms. The Morgan fingerprint density at radius 1 is 1.41 bits per heavy atom. The Morgan fingerprint density at radius 3 is 2.94 bits per heavy atom. The number of benzene rings is 1. The molecule has 0 saturated carbocycles. The highest BCUT2D eigenvalue weighted by Gasteiger charge is 2.02. The molecule has 1 heterocycles. The van der Waals surface area contributed by atoms with E-state index in [1.807, 2.05) is 6.07 Å². The Hall–Kier alpha value is -2.30. The van der Waals surface area contributed by atoms with Gasteiger partial charge in [0.05, 0.1) is 13.7 Å². The van der Waals surface area contributed by atoms with Gasteiger partial charge in [0.15, 0.2) is 0 Å². The molecule has 0 radical (unpaired) electrons. The predicted octanol–water partition coefficient (Wildman–Crippen LogP) is 0.882. The van der Waals surface area contributed by atoms with Crippen LogP contribution in [0.25, 0.3) is 0 Å². The first-order chi connectivity index (χ1) is 8.19. The van der Waals surface area contributed by atoms with Crippen molar-refractivity contribution in [1.29, 1.82) is 0 Å². The summed E-state index contributed by atoms with van der Waals surface area (Å²) in [6.45, 7) is 0.376. The minimum Gasteiger partial charge on any atom is -0.497 e. The second-order valence-electron chi connectivity index (χ2n) is 3.63. The van der Waals surface area contributed by atoms with Gasteiger partial charge in [-0.1, -0.05) is 0 Å². The van der Waals surface area contributed by atoms with Crippen LogP contribution >= 0.6 is 0 Å². The number of nitrogens with two attached hydrogens (primary N) is 1. The third-order valence-corrected chi connectivity index (χ3v) is 2.34. The molecule has 1 aromatic heterocycles. The number of anilines is 1. The fourth-order valence-corrected chi connectivity index (χ4v) is 1.57. The summed E-state index contributed by atoms with van der Waals surface area (Å²) in [6, 6.07) is 8.43. The summed E-state index contributed by atoms with van der Waals surface area (Å²) >= 11 is 0. The lowest BCUT2D eigenvalue weighted by atomic mass is 10.2. The van der Waals surface area contributed by atoms with Gasteiger partial charge in [-0.2, -0.15) is 5.10 Å². The zero-order valence-corrected chi connectivity index (χ0v) is 9.46. The van der Waals surface area contributed by atoms with Crippen LogP contribution in [0.3, 0.4) is 0 Å². The normalized spacial score (nSPS) is 10.2. The molecule has 0 spiro atoms. The monoisotopic (exact) mass is 231 g/mol. The molecule has 17 heavy (non-hydrogen) atoms. The van der Waals surface area contributed by atoms with Gasteiger partial charge in [0.1, 0.15) is 5.75 Å². The molecule has 0 atom stereocenters. The highest BCUT2D eigenvalue weighted by atomic mass is 16.5. The van der Waals surface area contributed by atoms with E-state index < -0.39 is 0 Å². The number of nitrogen functional groups attached to an aromatic ring is 1. The van der Waals surface area contributed by atoms with Crippen LogP contribution in [-0.2, 0) is 6.54 Å². The van der Waals surface area contributed by atoms with Gasteiger partial charge in [0.25, 0.3) is 5.56 Å². The SMILES string of the molecule is COc1cc(N)cc(Cn2ncccc2=O)c1. The molecule has 5 heteroatoms. The van der Waals surface area contributed by atoms with Crippen LogP contribution in [0.2, 0.25) is 0 Å². The van der Waals surface area contributed by atoms with Crippen molar-refractivity contribution in [3.8, 4) is 5.75 Å². The maximum absolute atomic E-state index is 11.5. The van der Waals surface area contributed by atoms with Crippen LogP contribution < -0.4 is 16.0 Å². The Labute approximate surface area is 98.5 Å². The first-order valence-corrected chi connectivity index (χ1v) is 5.14. The average molecular weight is 231 g/mol. The number of hydrogen-bond donors (Lipinski definition) is 1. The quantitative estimate of drug-likeness (QED) is 0.796. The second kappa shape index (κ2) is 4.69. The van der Waals surface area contributed by atoms with Gasteiger partial charge in [0, 0.05) is 24.0 Å². The summed E-state index contributed by atoms with van der Waals surface area (Å²) in [4.78, 5) is 11.5. The van der Waals surface area contributed by atoms with E-state index in [-0.39, 0.29) is 5.56 Å². The van der Waals surface area contributed by atoms with Crippen LogP contribution in [0.1, 0.15) is 5.56 Å². The first-order valence-electron chi connectivity index (χ1n) is 5.14. The van der Waals surface area contributed by atoms with Crippen LogP contribution in [0.5, 0.6) is 5.75 Å². The summed E-state index contributed by atoms with van der Waals surface area (Å²) in [7, 11) is 1.57. The van der Waals surface area contributed by atoms with Crippen molar-refractivity contribution in [3.05, 3.63) is 52.4 Å². The molecule has 2 N–H and O–H groups in total. The maximum atomic E-state index is 11.5. The molecule has 0 unspecified atom stereocenters. The standard InChI is InChI=1S/C12H13N3O2/c1-17-11-6-9(5-10(13)7-11)8-15-12(16)3-2-4-14-15/h2-7H,8,13H2,1H3. The van der Waals surface area contributed by atoms with E-state index in [1.54, 1.807) is 31.5 Å². The Bertz CT molecular complexity index is 578. The van der Waals surface area contributed by atoms with Crippen molar-refractivity contribution in [2.45, 2.75) is 6.54 Å². The second-order valence-corrected chi connectivity index (χ2v) is 3.63. The molecule has 2 rings (SSSR count). The van der Waals surface area contributed by atoms with Gasteiger partial charge < -0.3 is 10.5 Å². The lowest BCUT2D eigenvalue weighted by molar-refractivity contribution is 0.414. The van der Waals surface area contributed by atoms with Gasteiger partial charge in [-0.25, -0.2) is 4.68 Å². The molecule has 5 nitrogen and oxygen atoms in total. The van der Waals surface area contributed by atoms with Crippen LogP contribution in [0.15, 0.2) is 41.3 Å².